The van der Waals surface area contributed by atoms with Gasteiger partial charge in [-0.1, -0.05) is 0 Å². The number of fused-ring (bicyclic) bond motifs is 1. The average molecular weight is 523 g/mol. The molecule has 1 aliphatic rings. The number of anilines is 2. The van der Waals surface area contributed by atoms with E-state index in [2.05, 4.69) is 30.7 Å². The Morgan fingerprint density at radius 1 is 1.16 bits per heavy atom. The first-order valence-electron chi connectivity index (χ1n) is 12.3. The quantitative estimate of drug-likeness (QED) is 0.323. The molecule has 1 aliphatic heterocycles. The zero-order valence-electron chi connectivity index (χ0n) is 21.0. The molecule has 0 aliphatic carbocycles. The summed E-state index contributed by atoms with van der Waals surface area (Å²) in [6.45, 7) is 2.96. The summed E-state index contributed by atoms with van der Waals surface area (Å²) in [5.41, 5.74) is 4.25. The first kappa shape index (κ1) is 25.5. The average Bonchev–Trinajstić information content (AvgIpc) is 3.60. The number of halogens is 2. The fourth-order valence-electron chi connectivity index (χ4n) is 4.68. The molecule has 1 fully saturated rings. The topological polar surface area (TPSA) is 121 Å². The van der Waals surface area contributed by atoms with Crippen LogP contribution in [0.3, 0.4) is 0 Å². The lowest BCUT2D eigenvalue weighted by molar-refractivity contribution is -0.117. The molecule has 10 nitrogen and oxygen atoms in total. The molecule has 1 unspecified atom stereocenters. The lowest BCUT2D eigenvalue weighted by atomic mass is 10.1. The van der Waals surface area contributed by atoms with E-state index >= 15 is 0 Å². The highest BCUT2D eigenvalue weighted by Gasteiger charge is 2.26. The number of hydrogen-bond donors (Lipinski definition) is 3. The van der Waals surface area contributed by atoms with Crippen LogP contribution in [0.15, 0.2) is 43.0 Å². The van der Waals surface area contributed by atoms with Gasteiger partial charge in [-0.15, -0.1) is 0 Å². The van der Waals surface area contributed by atoms with Crippen molar-refractivity contribution in [1.29, 1.82) is 0 Å². The summed E-state index contributed by atoms with van der Waals surface area (Å²) < 4.78 is 27.0. The van der Waals surface area contributed by atoms with Crippen LogP contribution < -0.4 is 10.6 Å². The minimum Gasteiger partial charge on any atom is -0.339 e. The van der Waals surface area contributed by atoms with Crippen molar-refractivity contribution in [2.75, 3.05) is 30.3 Å². The molecule has 1 saturated heterocycles. The van der Waals surface area contributed by atoms with Gasteiger partial charge in [0.15, 0.2) is 0 Å². The van der Waals surface area contributed by atoms with Crippen LogP contribution in [-0.4, -0.2) is 67.5 Å². The number of aryl methyl sites for hydroxylation is 2. The third kappa shape index (κ3) is 5.86. The Hall–Kier alpha value is -4.19. The Morgan fingerprint density at radius 3 is 2.76 bits per heavy atom. The van der Waals surface area contributed by atoms with Crippen molar-refractivity contribution in [2.45, 2.75) is 26.2 Å². The summed E-state index contributed by atoms with van der Waals surface area (Å²) >= 11 is 0. The maximum Gasteiger partial charge on any atom is 0.257 e. The van der Waals surface area contributed by atoms with Gasteiger partial charge >= 0.3 is 0 Å². The SMILES string of the molecule is Cc1ncc(NC(=O)CN2CCC(CC(F)F)C2)cc1NC(=O)c1cnc2[nH]c(-c3cnn(C)c3)cc2c1. The molecule has 198 valence electrons. The highest BCUT2D eigenvalue weighted by atomic mass is 19.3. The summed E-state index contributed by atoms with van der Waals surface area (Å²) in [5, 5.41) is 10.6. The second-order valence-electron chi connectivity index (χ2n) is 9.62. The van der Waals surface area contributed by atoms with E-state index in [1.54, 1.807) is 29.9 Å². The van der Waals surface area contributed by atoms with Crippen molar-refractivity contribution < 1.29 is 18.4 Å². The standard InChI is InChI=1S/C26H28F2N8O2/c1-15-21(8-20(11-29-15)32-24(37)14-36-4-3-16(12-36)5-23(27)28)34-26(38)18-6-17-7-22(33-25(17)30-9-18)19-10-31-35(2)13-19/h6-11,13,16,23H,3-5,12,14H2,1-2H3,(H,30,33)(H,32,37)(H,34,38). The van der Waals surface area contributed by atoms with Crippen molar-refractivity contribution in [2.24, 2.45) is 13.0 Å². The molecule has 5 rings (SSSR count). The predicted molar refractivity (Wildman–Crippen MR) is 139 cm³/mol. The van der Waals surface area contributed by atoms with Crippen molar-refractivity contribution in [1.82, 2.24) is 29.6 Å². The lowest BCUT2D eigenvalue weighted by Crippen LogP contribution is -2.31. The Morgan fingerprint density at radius 2 is 2.00 bits per heavy atom. The molecule has 0 saturated carbocycles. The first-order chi connectivity index (χ1) is 18.2. The van der Waals surface area contributed by atoms with Gasteiger partial charge in [0.25, 0.3) is 5.91 Å². The second kappa shape index (κ2) is 10.7. The molecule has 0 bridgehead atoms. The van der Waals surface area contributed by atoms with E-state index in [1.165, 1.54) is 12.4 Å². The summed E-state index contributed by atoms with van der Waals surface area (Å²) in [6.07, 6.45) is 4.83. The van der Waals surface area contributed by atoms with E-state index in [9.17, 15) is 18.4 Å². The molecule has 0 spiro atoms. The fraction of sp³-hybridized carbons (Fsp3) is 0.346. The highest BCUT2D eigenvalue weighted by molar-refractivity contribution is 6.06. The Kier molecular flexibility index (Phi) is 7.14. The number of aromatic amines is 1. The molecule has 1 atom stereocenters. The molecule has 38 heavy (non-hydrogen) atoms. The molecule has 4 aromatic heterocycles. The number of nitrogens with one attached hydrogen (secondary N) is 3. The monoisotopic (exact) mass is 522 g/mol. The van der Waals surface area contributed by atoms with E-state index in [4.69, 9.17) is 0 Å². The molecule has 12 heteroatoms. The molecule has 3 N–H and O–H groups in total. The van der Waals surface area contributed by atoms with E-state index in [0.29, 0.717) is 47.8 Å². The first-order valence-corrected chi connectivity index (χ1v) is 12.3. The summed E-state index contributed by atoms with van der Waals surface area (Å²) in [5.74, 6) is -0.719. The number of pyridine rings is 2. The third-order valence-electron chi connectivity index (χ3n) is 6.62. The molecular weight excluding hydrogens is 494 g/mol. The van der Waals surface area contributed by atoms with E-state index in [-0.39, 0.29) is 30.7 Å². The van der Waals surface area contributed by atoms with Gasteiger partial charge in [-0.25, -0.2) is 13.8 Å². The second-order valence-corrected chi connectivity index (χ2v) is 9.62. The number of alkyl halides is 2. The number of rotatable bonds is 8. The van der Waals surface area contributed by atoms with Crippen LogP contribution in [0.4, 0.5) is 20.2 Å². The van der Waals surface area contributed by atoms with E-state index < -0.39 is 6.43 Å². The van der Waals surface area contributed by atoms with Gasteiger partial charge in [-0.2, -0.15) is 5.10 Å². The van der Waals surface area contributed by atoms with Crippen molar-refractivity contribution in [3.05, 3.63) is 54.2 Å². The van der Waals surface area contributed by atoms with Gasteiger partial charge in [-0.05, 0) is 44.0 Å². The van der Waals surface area contributed by atoms with Gasteiger partial charge in [-0.3, -0.25) is 24.2 Å². The van der Waals surface area contributed by atoms with Crippen LogP contribution >= 0.6 is 0 Å². The Bertz CT molecular complexity index is 1480. The molecular formula is C26H28F2N8O2. The fourth-order valence-corrected chi connectivity index (χ4v) is 4.68. The molecule has 0 radical (unpaired) electrons. The predicted octanol–water partition coefficient (Wildman–Crippen LogP) is 3.83. The number of amides is 2. The summed E-state index contributed by atoms with van der Waals surface area (Å²) in [4.78, 5) is 39.3. The zero-order chi connectivity index (χ0) is 26.8. The number of hydrogen-bond acceptors (Lipinski definition) is 6. The van der Waals surface area contributed by atoms with Crippen LogP contribution in [0.5, 0.6) is 0 Å². The number of carbonyl (C=O) groups is 2. The van der Waals surface area contributed by atoms with Crippen LogP contribution in [0.25, 0.3) is 22.3 Å². The number of aromatic nitrogens is 5. The highest BCUT2D eigenvalue weighted by Crippen LogP contribution is 2.25. The van der Waals surface area contributed by atoms with E-state index in [0.717, 1.165) is 16.6 Å². The van der Waals surface area contributed by atoms with Crippen LogP contribution in [-0.2, 0) is 11.8 Å². The third-order valence-corrected chi connectivity index (χ3v) is 6.62. The summed E-state index contributed by atoms with van der Waals surface area (Å²) in [7, 11) is 1.84. The summed E-state index contributed by atoms with van der Waals surface area (Å²) in [6, 6.07) is 5.30. The molecule has 0 aromatic carbocycles. The van der Waals surface area contributed by atoms with E-state index in [1.807, 2.05) is 24.2 Å². The van der Waals surface area contributed by atoms with Gasteiger partial charge in [0.2, 0.25) is 12.3 Å². The number of nitrogens with zero attached hydrogens (tertiary/aromatic N) is 5. The van der Waals surface area contributed by atoms with Crippen LogP contribution in [0, 0.1) is 12.8 Å². The number of H-pyrrole nitrogens is 1. The van der Waals surface area contributed by atoms with Crippen molar-refractivity contribution in [3.63, 3.8) is 0 Å². The lowest BCUT2D eigenvalue weighted by Gasteiger charge is -2.16. The normalized spacial score (nSPS) is 15.9. The Labute approximate surface area is 217 Å². The van der Waals surface area contributed by atoms with Gasteiger partial charge < -0.3 is 15.6 Å². The molecule has 4 aromatic rings. The van der Waals surface area contributed by atoms with Crippen molar-refractivity contribution >= 4 is 34.2 Å². The minimum absolute atomic E-state index is 0.0902. The minimum atomic E-state index is -2.33. The van der Waals surface area contributed by atoms with Gasteiger partial charge in [0, 0.05) is 43.4 Å². The number of likely N-dealkylation sites (tertiary alicyclic amines) is 1. The maximum absolute atomic E-state index is 13.0. The van der Waals surface area contributed by atoms with Crippen LogP contribution in [0.2, 0.25) is 0 Å². The maximum atomic E-state index is 13.0. The Balaban J connectivity index is 1.23. The largest absolute Gasteiger partial charge is 0.339 e. The van der Waals surface area contributed by atoms with Crippen LogP contribution in [0.1, 0.15) is 28.9 Å². The molecule has 5 heterocycles. The van der Waals surface area contributed by atoms with Gasteiger partial charge in [0.1, 0.15) is 5.65 Å². The number of carbonyl (C=O) groups excluding carboxylic acids is 2. The smallest absolute Gasteiger partial charge is 0.257 e. The van der Waals surface area contributed by atoms with Crippen molar-refractivity contribution in [3.8, 4) is 11.3 Å². The zero-order valence-corrected chi connectivity index (χ0v) is 21.0. The van der Waals surface area contributed by atoms with Gasteiger partial charge in [0.05, 0.1) is 47.3 Å². The molecule has 2 amide bonds.